The number of esters is 1. The largest absolute Gasteiger partial charge is 0.465 e. The fraction of sp³-hybridized carbons (Fsp3) is 0.370. The van der Waals surface area contributed by atoms with Crippen LogP contribution in [0, 0.1) is 11.3 Å². The molecule has 0 aromatic heterocycles. The molecule has 6 nitrogen and oxygen atoms in total. The average molecular weight is 447 g/mol. The van der Waals surface area contributed by atoms with Crippen molar-refractivity contribution in [1.29, 1.82) is 0 Å². The lowest BCUT2D eigenvalue weighted by Gasteiger charge is -2.37. The van der Waals surface area contributed by atoms with Crippen LogP contribution in [0.25, 0.3) is 0 Å². The zero-order chi connectivity index (χ0) is 23.9. The number of ether oxygens (including phenoxy) is 1. The maximum Gasteiger partial charge on any atom is 0.337 e. The number of ketones is 1. The van der Waals surface area contributed by atoms with Crippen LogP contribution in [0.1, 0.15) is 62.5 Å². The molecular weight excluding hydrogens is 416 g/mol. The van der Waals surface area contributed by atoms with E-state index in [1.807, 2.05) is 50.2 Å². The SMILES string of the molecule is COC(=O)c1ccc([C@H]2C3=C(CC(C)(C)CC3=O)Nc3ccccc3N2C(=O)C(C)C)cc1. The monoisotopic (exact) mass is 446 g/mol. The average Bonchev–Trinajstić information content (AvgIpc) is 2.91. The second-order valence-corrected chi connectivity index (χ2v) is 9.85. The summed E-state index contributed by atoms with van der Waals surface area (Å²) in [5.41, 5.74) is 4.01. The highest BCUT2D eigenvalue weighted by molar-refractivity contribution is 6.06. The van der Waals surface area contributed by atoms with E-state index in [4.69, 9.17) is 4.74 Å². The summed E-state index contributed by atoms with van der Waals surface area (Å²) in [7, 11) is 1.34. The third-order valence-electron chi connectivity index (χ3n) is 6.28. The van der Waals surface area contributed by atoms with Crippen molar-refractivity contribution in [2.75, 3.05) is 17.3 Å². The van der Waals surface area contributed by atoms with Crippen molar-refractivity contribution in [3.05, 3.63) is 70.9 Å². The zero-order valence-electron chi connectivity index (χ0n) is 19.8. The summed E-state index contributed by atoms with van der Waals surface area (Å²) in [5, 5.41) is 3.50. The molecule has 4 rings (SSSR count). The Labute approximate surface area is 194 Å². The number of nitrogens with zero attached hydrogens (tertiary/aromatic N) is 1. The quantitative estimate of drug-likeness (QED) is 0.650. The van der Waals surface area contributed by atoms with Gasteiger partial charge in [0.15, 0.2) is 5.78 Å². The molecule has 0 unspecified atom stereocenters. The molecule has 1 atom stereocenters. The molecule has 1 aliphatic carbocycles. The molecule has 0 spiro atoms. The van der Waals surface area contributed by atoms with E-state index >= 15 is 0 Å². The second-order valence-electron chi connectivity index (χ2n) is 9.85. The number of nitrogens with one attached hydrogen (secondary N) is 1. The van der Waals surface area contributed by atoms with E-state index < -0.39 is 12.0 Å². The van der Waals surface area contributed by atoms with Gasteiger partial charge in [-0.1, -0.05) is 52.0 Å². The van der Waals surface area contributed by atoms with Crippen LogP contribution < -0.4 is 10.2 Å². The Balaban J connectivity index is 1.97. The van der Waals surface area contributed by atoms with E-state index in [9.17, 15) is 14.4 Å². The first kappa shape index (κ1) is 22.8. The fourth-order valence-electron chi connectivity index (χ4n) is 4.74. The summed E-state index contributed by atoms with van der Waals surface area (Å²) in [6.45, 7) is 7.90. The molecule has 0 saturated heterocycles. The number of allylic oxidation sites excluding steroid dienone is 1. The van der Waals surface area contributed by atoms with E-state index in [0.717, 1.165) is 22.6 Å². The highest BCUT2D eigenvalue weighted by atomic mass is 16.5. The molecule has 0 fully saturated rings. The van der Waals surface area contributed by atoms with Gasteiger partial charge in [-0.25, -0.2) is 4.79 Å². The Hall–Kier alpha value is -3.41. The van der Waals surface area contributed by atoms with Crippen molar-refractivity contribution >= 4 is 29.0 Å². The van der Waals surface area contributed by atoms with Crippen LogP contribution in [0.2, 0.25) is 0 Å². The number of carbonyl (C=O) groups excluding carboxylic acids is 3. The van der Waals surface area contributed by atoms with Crippen LogP contribution in [0.4, 0.5) is 11.4 Å². The molecule has 2 aromatic carbocycles. The fourth-order valence-corrected chi connectivity index (χ4v) is 4.74. The van der Waals surface area contributed by atoms with Crippen molar-refractivity contribution in [3.8, 4) is 0 Å². The lowest BCUT2D eigenvalue weighted by molar-refractivity contribution is -0.122. The predicted octanol–water partition coefficient (Wildman–Crippen LogP) is 5.27. The van der Waals surface area contributed by atoms with E-state index in [2.05, 4.69) is 19.2 Å². The Morgan fingerprint density at radius 1 is 1.06 bits per heavy atom. The molecule has 1 amide bonds. The molecule has 6 heteroatoms. The van der Waals surface area contributed by atoms with Crippen molar-refractivity contribution in [1.82, 2.24) is 0 Å². The van der Waals surface area contributed by atoms with E-state index in [1.165, 1.54) is 7.11 Å². The lowest BCUT2D eigenvalue weighted by Crippen LogP contribution is -2.41. The number of Topliss-reactive ketones (excluding diaryl/α,β-unsaturated/α-hetero) is 1. The molecule has 0 saturated carbocycles. The Bertz CT molecular complexity index is 1140. The van der Waals surface area contributed by atoms with Gasteiger partial charge in [-0.05, 0) is 41.7 Å². The van der Waals surface area contributed by atoms with Crippen molar-refractivity contribution in [2.45, 2.75) is 46.6 Å². The van der Waals surface area contributed by atoms with Crippen LogP contribution >= 0.6 is 0 Å². The number of fused-ring (bicyclic) bond motifs is 1. The predicted molar refractivity (Wildman–Crippen MR) is 128 cm³/mol. The molecule has 1 aliphatic heterocycles. The van der Waals surface area contributed by atoms with Crippen molar-refractivity contribution in [3.63, 3.8) is 0 Å². The minimum Gasteiger partial charge on any atom is -0.465 e. The molecule has 2 aliphatic rings. The number of hydrogen-bond acceptors (Lipinski definition) is 5. The molecule has 2 aromatic rings. The van der Waals surface area contributed by atoms with Gasteiger partial charge in [-0.15, -0.1) is 0 Å². The zero-order valence-corrected chi connectivity index (χ0v) is 19.8. The number of hydrogen-bond donors (Lipinski definition) is 1. The van der Waals surface area contributed by atoms with Crippen LogP contribution in [-0.4, -0.2) is 24.8 Å². The first-order chi connectivity index (χ1) is 15.6. The number of carbonyl (C=O) groups is 3. The van der Waals surface area contributed by atoms with E-state index in [-0.39, 0.29) is 23.0 Å². The van der Waals surface area contributed by atoms with Gasteiger partial charge < -0.3 is 10.1 Å². The molecule has 0 bridgehead atoms. The standard InChI is InChI=1S/C27H30N2O4/c1-16(2)25(31)29-21-9-7-6-8-19(21)28-20-14-27(3,4)15-22(30)23(20)24(29)17-10-12-18(13-11-17)26(32)33-5/h6-13,16,24,28H,14-15H2,1-5H3/t24-/m0/s1. The minimum absolute atomic E-state index is 0.0326. The second kappa shape index (κ2) is 8.50. The third kappa shape index (κ3) is 4.17. The van der Waals surface area contributed by atoms with Gasteiger partial charge in [0.2, 0.25) is 5.91 Å². The number of anilines is 2. The lowest BCUT2D eigenvalue weighted by atomic mass is 9.73. The summed E-state index contributed by atoms with van der Waals surface area (Å²) < 4.78 is 4.83. The van der Waals surface area contributed by atoms with Crippen LogP contribution in [0.3, 0.4) is 0 Å². The third-order valence-corrected chi connectivity index (χ3v) is 6.28. The first-order valence-corrected chi connectivity index (χ1v) is 11.3. The number of para-hydroxylation sites is 2. The number of amides is 1. The van der Waals surface area contributed by atoms with Gasteiger partial charge in [-0.3, -0.25) is 14.5 Å². The maximum absolute atomic E-state index is 13.6. The number of methoxy groups -OCH3 is 1. The normalized spacial score (nSPS) is 19.4. The van der Waals surface area contributed by atoms with Gasteiger partial charge in [0.1, 0.15) is 0 Å². The van der Waals surface area contributed by atoms with Crippen LogP contribution in [0.15, 0.2) is 59.8 Å². The molecule has 33 heavy (non-hydrogen) atoms. The maximum atomic E-state index is 13.6. The summed E-state index contributed by atoms with van der Waals surface area (Å²) in [4.78, 5) is 40.9. The van der Waals surface area contributed by atoms with E-state index in [1.54, 1.807) is 17.0 Å². The Morgan fingerprint density at radius 2 is 1.73 bits per heavy atom. The smallest absolute Gasteiger partial charge is 0.337 e. The molecule has 172 valence electrons. The summed E-state index contributed by atoms with van der Waals surface area (Å²) in [6, 6.07) is 14.1. The minimum atomic E-state index is -0.596. The van der Waals surface area contributed by atoms with Gasteiger partial charge in [0.05, 0.1) is 30.1 Å². The van der Waals surface area contributed by atoms with Gasteiger partial charge in [0.25, 0.3) is 0 Å². The molecular formula is C27H30N2O4. The first-order valence-electron chi connectivity index (χ1n) is 11.3. The number of benzene rings is 2. The Kier molecular flexibility index (Phi) is 5.87. The van der Waals surface area contributed by atoms with Crippen molar-refractivity contribution in [2.24, 2.45) is 11.3 Å². The summed E-state index contributed by atoms with van der Waals surface area (Å²) in [5.74, 6) is -0.741. The van der Waals surface area contributed by atoms with Gasteiger partial charge in [-0.2, -0.15) is 0 Å². The van der Waals surface area contributed by atoms with Crippen LogP contribution in [0.5, 0.6) is 0 Å². The molecule has 0 radical (unpaired) electrons. The topological polar surface area (TPSA) is 75.7 Å². The molecule has 1 N–H and O–H groups in total. The Morgan fingerprint density at radius 3 is 2.36 bits per heavy atom. The van der Waals surface area contributed by atoms with Crippen LogP contribution in [-0.2, 0) is 14.3 Å². The molecule has 1 heterocycles. The van der Waals surface area contributed by atoms with Gasteiger partial charge in [0, 0.05) is 23.6 Å². The summed E-state index contributed by atoms with van der Waals surface area (Å²) in [6.07, 6.45) is 1.10. The van der Waals surface area contributed by atoms with Crippen molar-refractivity contribution < 1.29 is 19.1 Å². The number of rotatable bonds is 3. The van der Waals surface area contributed by atoms with Gasteiger partial charge >= 0.3 is 5.97 Å². The highest BCUT2D eigenvalue weighted by Gasteiger charge is 2.43. The van der Waals surface area contributed by atoms with E-state index in [0.29, 0.717) is 24.0 Å². The highest BCUT2D eigenvalue weighted by Crippen LogP contribution is 2.48. The summed E-state index contributed by atoms with van der Waals surface area (Å²) >= 11 is 0.